The maximum Gasteiger partial charge on any atom is 0.262 e. The third-order valence-corrected chi connectivity index (χ3v) is 4.53. The number of ether oxygens (including phenoxy) is 1. The number of para-hydroxylation sites is 1. The number of benzene rings is 2. The van der Waals surface area contributed by atoms with Crippen LogP contribution < -0.4 is 15.6 Å². The quantitative estimate of drug-likeness (QED) is 0.502. The van der Waals surface area contributed by atoms with E-state index in [0.29, 0.717) is 17.1 Å². The minimum Gasteiger partial charge on any atom is -0.497 e. The number of anilines is 1. The fourth-order valence-corrected chi connectivity index (χ4v) is 3.18. The topological polar surface area (TPSA) is 93.5 Å². The fraction of sp³-hybridized carbons (Fsp3) is 0.105. The molecule has 2 aromatic carbocycles. The van der Waals surface area contributed by atoms with Gasteiger partial charge in [0.1, 0.15) is 5.75 Å². The minimum atomic E-state index is -0.424. The van der Waals surface area contributed by atoms with Gasteiger partial charge in [0.25, 0.3) is 5.56 Å². The van der Waals surface area contributed by atoms with Crippen molar-refractivity contribution in [3.8, 4) is 17.3 Å². The van der Waals surface area contributed by atoms with Crippen LogP contribution in [-0.4, -0.2) is 33.4 Å². The van der Waals surface area contributed by atoms with Crippen LogP contribution in [0, 0.1) is 0 Å². The summed E-state index contributed by atoms with van der Waals surface area (Å²) in [7, 11) is 1.57. The first-order valence-electron chi connectivity index (χ1n) is 8.02. The molecular formula is C19H17N3O4S. The van der Waals surface area contributed by atoms with Gasteiger partial charge in [-0.05, 0) is 36.4 Å². The number of thioether (sulfide) groups is 1. The summed E-state index contributed by atoms with van der Waals surface area (Å²) in [6, 6.07) is 16.9. The fourth-order valence-electron chi connectivity index (χ4n) is 2.36. The largest absolute Gasteiger partial charge is 0.497 e. The second-order valence-corrected chi connectivity index (χ2v) is 6.41. The van der Waals surface area contributed by atoms with Crippen LogP contribution in [0.1, 0.15) is 0 Å². The number of methoxy groups -OCH3 is 1. The number of hydrogen-bond acceptors (Lipinski definition) is 6. The molecule has 7 nitrogen and oxygen atoms in total. The van der Waals surface area contributed by atoms with Crippen molar-refractivity contribution < 1.29 is 14.6 Å². The van der Waals surface area contributed by atoms with Crippen LogP contribution in [0.4, 0.5) is 5.69 Å². The van der Waals surface area contributed by atoms with Crippen LogP contribution in [0.2, 0.25) is 0 Å². The Labute approximate surface area is 159 Å². The van der Waals surface area contributed by atoms with Crippen molar-refractivity contribution in [2.75, 3.05) is 18.2 Å². The molecule has 3 rings (SSSR count). The number of amides is 1. The van der Waals surface area contributed by atoms with Crippen LogP contribution in [-0.2, 0) is 4.79 Å². The minimum absolute atomic E-state index is 0.0226. The maximum atomic E-state index is 12.3. The highest BCUT2D eigenvalue weighted by molar-refractivity contribution is 7.99. The number of rotatable bonds is 6. The van der Waals surface area contributed by atoms with Gasteiger partial charge in [-0.25, -0.2) is 0 Å². The lowest BCUT2D eigenvalue weighted by molar-refractivity contribution is -0.113. The van der Waals surface area contributed by atoms with E-state index in [2.05, 4.69) is 10.3 Å². The molecule has 1 heterocycles. The number of nitrogens with one attached hydrogen (secondary N) is 1. The van der Waals surface area contributed by atoms with Crippen LogP contribution in [0.5, 0.6) is 11.6 Å². The second kappa shape index (κ2) is 8.41. The summed E-state index contributed by atoms with van der Waals surface area (Å²) in [5.41, 5.74) is 0.811. The van der Waals surface area contributed by atoms with Gasteiger partial charge in [0, 0.05) is 5.69 Å². The molecule has 0 radical (unpaired) electrons. The van der Waals surface area contributed by atoms with E-state index in [1.165, 1.54) is 4.57 Å². The maximum absolute atomic E-state index is 12.3. The van der Waals surface area contributed by atoms with Crippen molar-refractivity contribution in [1.82, 2.24) is 9.55 Å². The van der Waals surface area contributed by atoms with Crippen LogP contribution in [0.15, 0.2) is 70.6 Å². The zero-order chi connectivity index (χ0) is 19.2. The molecule has 0 bridgehead atoms. The van der Waals surface area contributed by atoms with Crippen molar-refractivity contribution in [3.05, 3.63) is 71.0 Å². The smallest absolute Gasteiger partial charge is 0.262 e. The molecule has 1 amide bonds. The normalized spacial score (nSPS) is 10.4. The molecule has 138 valence electrons. The van der Waals surface area contributed by atoms with Gasteiger partial charge in [-0.15, -0.1) is 0 Å². The van der Waals surface area contributed by atoms with Gasteiger partial charge in [-0.3, -0.25) is 14.2 Å². The Bertz CT molecular complexity index is 988. The molecule has 2 N–H and O–H groups in total. The first-order valence-corrected chi connectivity index (χ1v) is 9.00. The van der Waals surface area contributed by atoms with Gasteiger partial charge in [0.05, 0.1) is 24.6 Å². The SMILES string of the molecule is COc1ccc(NC(=O)CSc2nc(O)cc(=O)n2-c2ccccc2)cc1. The van der Waals surface area contributed by atoms with Gasteiger partial charge >= 0.3 is 0 Å². The Morgan fingerprint density at radius 2 is 1.89 bits per heavy atom. The molecular weight excluding hydrogens is 366 g/mol. The lowest BCUT2D eigenvalue weighted by atomic mass is 10.3. The molecule has 0 saturated carbocycles. The molecule has 8 heteroatoms. The Balaban J connectivity index is 1.75. The average molecular weight is 383 g/mol. The lowest BCUT2D eigenvalue weighted by Gasteiger charge is -2.11. The van der Waals surface area contributed by atoms with Crippen molar-refractivity contribution in [2.45, 2.75) is 5.16 Å². The second-order valence-electron chi connectivity index (χ2n) is 5.47. The van der Waals surface area contributed by atoms with Crippen molar-refractivity contribution in [1.29, 1.82) is 0 Å². The summed E-state index contributed by atoms with van der Waals surface area (Å²) in [6.07, 6.45) is 0. The standard InChI is InChI=1S/C19H17N3O4S/c1-26-15-9-7-13(8-10-15)20-17(24)12-27-19-21-16(23)11-18(25)22(19)14-5-3-2-4-6-14/h2-11,23H,12H2,1H3,(H,20,24). The Morgan fingerprint density at radius 3 is 2.56 bits per heavy atom. The number of aromatic nitrogens is 2. The van der Waals surface area contributed by atoms with E-state index in [1.807, 2.05) is 6.07 Å². The monoisotopic (exact) mass is 383 g/mol. The molecule has 0 saturated heterocycles. The molecule has 27 heavy (non-hydrogen) atoms. The molecule has 0 aliphatic carbocycles. The first-order chi connectivity index (χ1) is 13.1. The van der Waals surface area contributed by atoms with Gasteiger partial charge < -0.3 is 15.2 Å². The third-order valence-electron chi connectivity index (χ3n) is 3.59. The van der Waals surface area contributed by atoms with E-state index in [9.17, 15) is 14.7 Å². The van der Waals surface area contributed by atoms with E-state index >= 15 is 0 Å². The summed E-state index contributed by atoms with van der Waals surface area (Å²) in [5.74, 6) is 0.0696. The van der Waals surface area contributed by atoms with E-state index in [-0.39, 0.29) is 22.7 Å². The van der Waals surface area contributed by atoms with Gasteiger partial charge in [-0.1, -0.05) is 30.0 Å². The molecule has 0 unspecified atom stereocenters. The molecule has 3 aromatic rings. The predicted molar refractivity (Wildman–Crippen MR) is 104 cm³/mol. The van der Waals surface area contributed by atoms with Crippen LogP contribution in [0.3, 0.4) is 0 Å². The van der Waals surface area contributed by atoms with E-state index in [4.69, 9.17) is 4.74 Å². The van der Waals surface area contributed by atoms with Crippen molar-refractivity contribution >= 4 is 23.4 Å². The predicted octanol–water partition coefficient (Wildman–Crippen LogP) is 2.68. The summed E-state index contributed by atoms with van der Waals surface area (Å²) >= 11 is 1.06. The van der Waals surface area contributed by atoms with Crippen LogP contribution in [0.25, 0.3) is 5.69 Å². The number of carbonyl (C=O) groups is 1. The molecule has 0 fully saturated rings. The highest BCUT2D eigenvalue weighted by Gasteiger charge is 2.13. The van der Waals surface area contributed by atoms with E-state index in [1.54, 1.807) is 55.6 Å². The summed E-state index contributed by atoms with van der Waals surface area (Å²) < 4.78 is 6.43. The summed E-state index contributed by atoms with van der Waals surface area (Å²) in [6.45, 7) is 0. The number of carbonyl (C=O) groups excluding carboxylic acids is 1. The Hall–Kier alpha value is -3.26. The van der Waals surface area contributed by atoms with Crippen molar-refractivity contribution in [3.63, 3.8) is 0 Å². The third kappa shape index (κ3) is 4.68. The number of aromatic hydroxyl groups is 1. The van der Waals surface area contributed by atoms with Gasteiger partial charge in [0.2, 0.25) is 11.8 Å². The first kappa shape index (κ1) is 18.5. The van der Waals surface area contributed by atoms with E-state index in [0.717, 1.165) is 17.8 Å². The molecule has 0 aliphatic heterocycles. The molecule has 0 aliphatic rings. The zero-order valence-corrected chi connectivity index (χ0v) is 15.3. The number of nitrogens with zero attached hydrogens (tertiary/aromatic N) is 2. The number of hydrogen-bond donors (Lipinski definition) is 2. The molecule has 1 aromatic heterocycles. The van der Waals surface area contributed by atoms with Gasteiger partial charge in [-0.2, -0.15) is 4.98 Å². The van der Waals surface area contributed by atoms with E-state index < -0.39 is 5.56 Å². The highest BCUT2D eigenvalue weighted by Crippen LogP contribution is 2.21. The lowest BCUT2D eigenvalue weighted by Crippen LogP contribution is -2.21. The highest BCUT2D eigenvalue weighted by atomic mass is 32.2. The Kier molecular flexibility index (Phi) is 5.77. The zero-order valence-electron chi connectivity index (χ0n) is 14.5. The van der Waals surface area contributed by atoms with Gasteiger partial charge in [0.15, 0.2) is 5.16 Å². The molecule has 0 spiro atoms. The summed E-state index contributed by atoms with van der Waals surface area (Å²) in [4.78, 5) is 28.5. The van der Waals surface area contributed by atoms with Crippen molar-refractivity contribution in [2.24, 2.45) is 0 Å². The molecule has 0 atom stereocenters. The summed E-state index contributed by atoms with van der Waals surface area (Å²) in [5, 5.41) is 12.7. The Morgan fingerprint density at radius 1 is 1.19 bits per heavy atom. The van der Waals surface area contributed by atoms with Crippen LogP contribution >= 0.6 is 11.8 Å². The average Bonchev–Trinajstić information content (AvgIpc) is 2.67.